The summed E-state index contributed by atoms with van der Waals surface area (Å²) in [6.07, 6.45) is 3.19. The lowest BCUT2D eigenvalue weighted by atomic mass is 9.79. The number of methoxy groups -OCH3 is 2. The van der Waals surface area contributed by atoms with E-state index < -0.39 is 36.3 Å². The predicted molar refractivity (Wildman–Crippen MR) is 166 cm³/mol. The molecule has 2 aliphatic rings. The van der Waals surface area contributed by atoms with E-state index in [2.05, 4.69) is 0 Å². The largest absolute Gasteiger partial charge is 0.497 e. The lowest BCUT2D eigenvalue weighted by Crippen LogP contribution is -2.49. The van der Waals surface area contributed by atoms with Crippen molar-refractivity contribution in [1.82, 2.24) is 0 Å². The Kier molecular flexibility index (Phi) is 9.56. The number of carbonyl (C=O) groups is 1. The number of ketones is 1. The molecule has 0 amide bonds. The molecular formula is C36H40O8. The van der Waals surface area contributed by atoms with Gasteiger partial charge in [0.1, 0.15) is 35.1 Å². The Balaban J connectivity index is 1.57. The van der Waals surface area contributed by atoms with Gasteiger partial charge >= 0.3 is 0 Å². The SMILES string of the molecule is CC/C=C\[C@@H]1OC(C)O[C@@H]1C1=C(C)C(=O)C(CO)(COC(c2ccccc2)(c2ccc(OC)cc2)c2ccc(OC)cc2)O1. The Morgan fingerprint density at radius 2 is 1.45 bits per heavy atom. The smallest absolute Gasteiger partial charge is 0.216 e. The van der Waals surface area contributed by atoms with Gasteiger partial charge in [-0.2, -0.15) is 0 Å². The highest BCUT2D eigenvalue weighted by atomic mass is 16.7. The van der Waals surface area contributed by atoms with Gasteiger partial charge in [0.2, 0.25) is 11.4 Å². The summed E-state index contributed by atoms with van der Waals surface area (Å²) in [6.45, 7) is 4.68. The van der Waals surface area contributed by atoms with Crippen LogP contribution in [0.5, 0.6) is 11.5 Å². The van der Waals surface area contributed by atoms with Gasteiger partial charge in [-0.3, -0.25) is 4.79 Å². The highest BCUT2D eigenvalue weighted by Crippen LogP contribution is 2.44. The molecular weight excluding hydrogens is 560 g/mol. The summed E-state index contributed by atoms with van der Waals surface area (Å²) >= 11 is 0. The first-order valence-corrected chi connectivity index (χ1v) is 14.8. The number of Topliss-reactive ketones (excluding diaryl/α,β-unsaturated/α-hetero) is 1. The monoisotopic (exact) mass is 600 g/mol. The molecule has 44 heavy (non-hydrogen) atoms. The first kappa shape index (κ1) is 31.5. The molecule has 0 bridgehead atoms. The maximum Gasteiger partial charge on any atom is 0.216 e. The Morgan fingerprint density at radius 1 is 0.886 bits per heavy atom. The minimum atomic E-state index is -1.69. The molecule has 5 rings (SSSR count). The molecule has 1 fully saturated rings. The molecule has 2 aliphatic heterocycles. The molecule has 0 aromatic heterocycles. The zero-order valence-corrected chi connectivity index (χ0v) is 25.8. The van der Waals surface area contributed by atoms with E-state index in [9.17, 15) is 9.90 Å². The van der Waals surface area contributed by atoms with Crippen LogP contribution in [0.15, 0.2) is 102 Å². The maximum absolute atomic E-state index is 14.0. The Morgan fingerprint density at radius 3 is 1.98 bits per heavy atom. The second kappa shape index (κ2) is 13.4. The Bertz CT molecular complexity index is 1430. The van der Waals surface area contributed by atoms with Gasteiger partial charge < -0.3 is 33.5 Å². The van der Waals surface area contributed by atoms with Crippen molar-refractivity contribution >= 4 is 5.78 Å². The van der Waals surface area contributed by atoms with E-state index in [1.807, 2.05) is 97.9 Å². The van der Waals surface area contributed by atoms with Crippen LogP contribution in [0.3, 0.4) is 0 Å². The van der Waals surface area contributed by atoms with Gasteiger partial charge in [-0.1, -0.05) is 73.7 Å². The van der Waals surface area contributed by atoms with Crippen LogP contribution >= 0.6 is 0 Å². The van der Waals surface area contributed by atoms with Crippen LogP contribution in [0.1, 0.15) is 43.9 Å². The third-order valence-electron chi connectivity index (χ3n) is 8.19. The molecule has 4 atom stereocenters. The second-order valence-electron chi connectivity index (χ2n) is 10.9. The summed E-state index contributed by atoms with van der Waals surface area (Å²) in [6, 6.07) is 25.0. The predicted octanol–water partition coefficient (Wildman–Crippen LogP) is 5.71. The number of hydrogen-bond donors (Lipinski definition) is 1. The third kappa shape index (κ3) is 5.78. The molecule has 0 radical (unpaired) electrons. The molecule has 0 spiro atoms. The summed E-state index contributed by atoms with van der Waals surface area (Å²) in [4.78, 5) is 14.0. The molecule has 2 unspecified atom stereocenters. The molecule has 2 heterocycles. The average molecular weight is 601 g/mol. The quantitative estimate of drug-likeness (QED) is 0.209. The number of hydrogen-bond acceptors (Lipinski definition) is 8. The highest BCUT2D eigenvalue weighted by molar-refractivity contribution is 6.04. The van der Waals surface area contributed by atoms with Crippen LogP contribution in [-0.2, 0) is 29.3 Å². The maximum atomic E-state index is 14.0. The fourth-order valence-corrected chi connectivity index (χ4v) is 5.84. The van der Waals surface area contributed by atoms with Gasteiger partial charge in [0.15, 0.2) is 6.29 Å². The summed E-state index contributed by atoms with van der Waals surface area (Å²) in [5, 5.41) is 10.8. The lowest BCUT2D eigenvalue weighted by Gasteiger charge is -2.39. The number of ether oxygens (including phenoxy) is 6. The van der Waals surface area contributed by atoms with Crippen molar-refractivity contribution in [2.75, 3.05) is 27.4 Å². The van der Waals surface area contributed by atoms with Crippen molar-refractivity contribution < 1.29 is 38.3 Å². The van der Waals surface area contributed by atoms with E-state index >= 15 is 0 Å². The molecule has 0 aliphatic carbocycles. The van der Waals surface area contributed by atoms with E-state index in [1.165, 1.54) is 0 Å². The van der Waals surface area contributed by atoms with Crippen molar-refractivity contribution in [3.05, 3.63) is 119 Å². The van der Waals surface area contributed by atoms with Crippen LogP contribution in [-0.4, -0.2) is 62.4 Å². The average Bonchev–Trinajstić information content (AvgIpc) is 3.56. The van der Waals surface area contributed by atoms with Crippen molar-refractivity contribution in [1.29, 1.82) is 0 Å². The van der Waals surface area contributed by atoms with Gasteiger partial charge in [-0.25, -0.2) is 0 Å². The van der Waals surface area contributed by atoms with Gasteiger partial charge in [0, 0.05) is 5.57 Å². The Hall–Kier alpha value is -3.95. The van der Waals surface area contributed by atoms with Gasteiger partial charge in [0.05, 0.1) is 27.4 Å². The van der Waals surface area contributed by atoms with Crippen LogP contribution in [0, 0.1) is 0 Å². The van der Waals surface area contributed by atoms with Crippen LogP contribution in [0.2, 0.25) is 0 Å². The lowest BCUT2D eigenvalue weighted by molar-refractivity contribution is -0.154. The topological polar surface area (TPSA) is 92.7 Å². The highest BCUT2D eigenvalue weighted by Gasteiger charge is 2.54. The van der Waals surface area contributed by atoms with Crippen molar-refractivity contribution in [2.24, 2.45) is 0 Å². The van der Waals surface area contributed by atoms with Gasteiger partial charge in [-0.05, 0) is 61.2 Å². The van der Waals surface area contributed by atoms with Gasteiger partial charge in [0.25, 0.3) is 0 Å². The molecule has 1 N–H and O–H groups in total. The van der Waals surface area contributed by atoms with Crippen LogP contribution in [0.4, 0.5) is 0 Å². The molecule has 3 aromatic carbocycles. The molecule has 232 valence electrons. The van der Waals surface area contributed by atoms with E-state index in [1.54, 1.807) is 28.1 Å². The van der Waals surface area contributed by atoms with Crippen molar-refractivity contribution in [3.63, 3.8) is 0 Å². The zero-order chi connectivity index (χ0) is 31.3. The minimum Gasteiger partial charge on any atom is -0.497 e. The number of carbonyl (C=O) groups excluding carboxylic acids is 1. The number of benzene rings is 3. The second-order valence-corrected chi connectivity index (χ2v) is 10.9. The summed E-state index contributed by atoms with van der Waals surface area (Å²) < 4.78 is 36.3. The molecule has 8 heteroatoms. The summed E-state index contributed by atoms with van der Waals surface area (Å²) in [5.74, 6) is 1.37. The third-order valence-corrected chi connectivity index (χ3v) is 8.19. The first-order valence-electron chi connectivity index (χ1n) is 14.8. The first-order chi connectivity index (χ1) is 21.3. The number of allylic oxidation sites excluding steroid dienone is 1. The molecule has 3 aromatic rings. The van der Waals surface area contributed by atoms with Crippen molar-refractivity contribution in [3.8, 4) is 11.5 Å². The fraction of sp³-hybridized carbons (Fsp3) is 0.361. The number of aliphatic hydroxyl groups excluding tert-OH is 1. The van der Waals surface area contributed by atoms with E-state index in [0.29, 0.717) is 22.8 Å². The van der Waals surface area contributed by atoms with E-state index in [-0.39, 0.29) is 12.4 Å². The van der Waals surface area contributed by atoms with E-state index in [0.717, 1.165) is 23.1 Å². The number of rotatable bonds is 12. The molecule has 0 saturated carbocycles. The Labute approximate surface area is 258 Å². The minimum absolute atomic E-state index is 0.255. The molecule has 1 saturated heterocycles. The molecule has 8 nitrogen and oxygen atoms in total. The fourth-order valence-electron chi connectivity index (χ4n) is 5.84. The normalized spacial score (nSPS) is 23.8. The standard InChI is InChI=1S/C36H40O8/c1-6-7-13-31-33(43-25(3)42-31)32-24(2)34(38)35(22-37,44-32)23-41-36(26-11-9-8-10-12-26,27-14-18-29(39-4)19-15-27)28-16-20-30(40-5)21-17-28/h7-21,25,31,33,37H,6,22-23H2,1-5H3/b13-7-/t25?,31-,33-,35?/m0/s1. The number of aliphatic hydroxyl groups is 1. The van der Waals surface area contributed by atoms with E-state index in [4.69, 9.17) is 28.4 Å². The van der Waals surface area contributed by atoms with Crippen LogP contribution in [0.25, 0.3) is 0 Å². The summed E-state index contributed by atoms with van der Waals surface area (Å²) in [5.41, 5.74) is -0.0965. The zero-order valence-electron chi connectivity index (χ0n) is 25.8. The van der Waals surface area contributed by atoms with Crippen molar-refractivity contribution in [2.45, 2.75) is 56.9 Å². The van der Waals surface area contributed by atoms with Gasteiger partial charge in [-0.15, -0.1) is 0 Å². The van der Waals surface area contributed by atoms with Crippen LogP contribution < -0.4 is 9.47 Å². The summed E-state index contributed by atoms with van der Waals surface area (Å²) in [7, 11) is 3.23.